The van der Waals surface area contributed by atoms with Crippen LogP contribution in [0.3, 0.4) is 0 Å². The Hall–Kier alpha value is -1.39. The van der Waals surface area contributed by atoms with Crippen LogP contribution < -0.4 is 10.6 Å². The lowest BCUT2D eigenvalue weighted by molar-refractivity contribution is -0.120. The van der Waals surface area contributed by atoms with Crippen molar-refractivity contribution in [1.82, 2.24) is 5.32 Å². The van der Waals surface area contributed by atoms with E-state index in [1.54, 1.807) is 0 Å². The van der Waals surface area contributed by atoms with E-state index < -0.39 is 0 Å². The number of carbonyl (C=O) groups excluding carboxylic acids is 1. The van der Waals surface area contributed by atoms with Crippen molar-refractivity contribution in [2.75, 3.05) is 18.4 Å². The van der Waals surface area contributed by atoms with Gasteiger partial charge < -0.3 is 10.6 Å². The molecule has 1 fully saturated rings. The van der Waals surface area contributed by atoms with Gasteiger partial charge in [0.25, 0.3) is 0 Å². The molecule has 0 aliphatic carbocycles. The molecule has 3 nitrogen and oxygen atoms in total. The van der Waals surface area contributed by atoms with E-state index >= 15 is 0 Å². The monoisotopic (exact) mass is 332 g/mol. The Kier molecular flexibility index (Phi) is 4.03. The van der Waals surface area contributed by atoms with Crippen LogP contribution in [0.1, 0.15) is 12.8 Å². The largest absolute Gasteiger partial charge is 0.326 e. The molecule has 0 bridgehead atoms. The van der Waals surface area contributed by atoms with Gasteiger partial charge in [0.1, 0.15) is 0 Å². The lowest BCUT2D eigenvalue weighted by Crippen LogP contribution is -2.37. The molecule has 0 aromatic heterocycles. The first-order valence-electron chi connectivity index (χ1n) is 6.93. The molecule has 2 aromatic rings. The molecule has 1 atom stereocenters. The van der Waals surface area contributed by atoms with E-state index in [2.05, 4.69) is 38.7 Å². The molecule has 0 radical (unpaired) electrons. The standard InChI is InChI=1S/C16H17BrN2O/c17-14-5-3-12-9-15(6-4-11(12)8-14)19-16(20)13-2-1-7-18-10-13/h3-6,8-9,13,18H,1-2,7,10H2,(H,19,20). The average molecular weight is 333 g/mol. The molecule has 2 aromatic carbocycles. The molecule has 4 heteroatoms. The number of benzene rings is 2. The normalized spacial score (nSPS) is 18.9. The Bertz CT molecular complexity index is 635. The van der Waals surface area contributed by atoms with Crippen LogP contribution in [0.15, 0.2) is 40.9 Å². The van der Waals surface area contributed by atoms with Crippen LogP contribution in [0.4, 0.5) is 5.69 Å². The van der Waals surface area contributed by atoms with Crippen molar-refractivity contribution in [2.24, 2.45) is 5.92 Å². The third-order valence-corrected chi connectivity index (χ3v) is 4.23. The fourth-order valence-electron chi connectivity index (χ4n) is 2.61. The Morgan fingerprint density at radius 2 is 2.00 bits per heavy atom. The van der Waals surface area contributed by atoms with E-state index in [-0.39, 0.29) is 11.8 Å². The summed E-state index contributed by atoms with van der Waals surface area (Å²) in [4.78, 5) is 12.2. The summed E-state index contributed by atoms with van der Waals surface area (Å²) < 4.78 is 1.06. The zero-order valence-corrected chi connectivity index (χ0v) is 12.7. The Morgan fingerprint density at radius 1 is 1.20 bits per heavy atom. The summed E-state index contributed by atoms with van der Waals surface area (Å²) in [5.41, 5.74) is 0.871. The number of anilines is 1. The summed E-state index contributed by atoms with van der Waals surface area (Å²) in [6, 6.07) is 12.2. The fraction of sp³-hybridized carbons (Fsp3) is 0.312. The van der Waals surface area contributed by atoms with Gasteiger partial charge >= 0.3 is 0 Å². The quantitative estimate of drug-likeness (QED) is 0.883. The first-order valence-corrected chi connectivity index (χ1v) is 7.72. The van der Waals surface area contributed by atoms with Crippen LogP contribution in [0.25, 0.3) is 10.8 Å². The Labute approximate surface area is 126 Å². The van der Waals surface area contributed by atoms with E-state index in [0.29, 0.717) is 0 Å². The van der Waals surface area contributed by atoms with Crippen molar-refractivity contribution in [1.29, 1.82) is 0 Å². The lowest BCUT2D eigenvalue weighted by atomic mass is 9.98. The average Bonchev–Trinajstić information content (AvgIpc) is 2.48. The molecular weight excluding hydrogens is 316 g/mol. The van der Waals surface area contributed by atoms with Crippen LogP contribution >= 0.6 is 15.9 Å². The van der Waals surface area contributed by atoms with Gasteiger partial charge in [0.15, 0.2) is 0 Å². The van der Waals surface area contributed by atoms with E-state index in [4.69, 9.17) is 0 Å². The molecule has 1 unspecified atom stereocenters. The molecule has 3 rings (SSSR count). The maximum Gasteiger partial charge on any atom is 0.228 e. The fourth-order valence-corrected chi connectivity index (χ4v) is 2.99. The van der Waals surface area contributed by atoms with E-state index in [9.17, 15) is 4.79 Å². The number of hydrogen-bond donors (Lipinski definition) is 2. The first-order chi connectivity index (χ1) is 9.72. The number of amides is 1. The van der Waals surface area contributed by atoms with Gasteiger partial charge in [0, 0.05) is 16.7 Å². The summed E-state index contributed by atoms with van der Waals surface area (Å²) in [6.07, 6.45) is 2.04. The first kappa shape index (κ1) is 13.6. The van der Waals surface area contributed by atoms with Gasteiger partial charge in [0.05, 0.1) is 5.92 Å². The van der Waals surface area contributed by atoms with Crippen LogP contribution in [0.5, 0.6) is 0 Å². The zero-order valence-electron chi connectivity index (χ0n) is 11.2. The minimum Gasteiger partial charge on any atom is -0.326 e. The van der Waals surface area contributed by atoms with E-state index in [1.807, 2.05) is 24.3 Å². The van der Waals surface area contributed by atoms with E-state index in [1.165, 1.54) is 0 Å². The van der Waals surface area contributed by atoms with Crippen molar-refractivity contribution in [3.63, 3.8) is 0 Å². The van der Waals surface area contributed by atoms with Crippen molar-refractivity contribution in [3.8, 4) is 0 Å². The van der Waals surface area contributed by atoms with Gasteiger partial charge in [-0.25, -0.2) is 0 Å². The summed E-state index contributed by atoms with van der Waals surface area (Å²) in [6.45, 7) is 1.81. The van der Waals surface area contributed by atoms with Crippen LogP contribution in [0, 0.1) is 5.92 Å². The van der Waals surface area contributed by atoms with E-state index in [0.717, 1.165) is 46.9 Å². The molecule has 1 saturated heterocycles. The highest BCUT2D eigenvalue weighted by molar-refractivity contribution is 9.10. The van der Waals surface area contributed by atoms with Crippen LogP contribution in [-0.4, -0.2) is 19.0 Å². The number of halogens is 1. The summed E-state index contributed by atoms with van der Waals surface area (Å²) in [5.74, 6) is 0.207. The zero-order chi connectivity index (χ0) is 13.9. The smallest absolute Gasteiger partial charge is 0.228 e. The van der Waals surface area contributed by atoms with Crippen LogP contribution in [-0.2, 0) is 4.79 Å². The predicted molar refractivity (Wildman–Crippen MR) is 85.9 cm³/mol. The SMILES string of the molecule is O=C(Nc1ccc2cc(Br)ccc2c1)C1CCCNC1. The van der Waals surface area contributed by atoms with Crippen molar-refractivity contribution >= 4 is 38.3 Å². The second kappa shape index (κ2) is 5.94. The van der Waals surface area contributed by atoms with Gasteiger partial charge in [-0.1, -0.05) is 28.1 Å². The number of rotatable bonds is 2. The maximum atomic E-state index is 12.2. The topological polar surface area (TPSA) is 41.1 Å². The molecule has 20 heavy (non-hydrogen) atoms. The van der Waals surface area contributed by atoms with Gasteiger partial charge in [0.2, 0.25) is 5.91 Å². The number of piperidine rings is 1. The highest BCUT2D eigenvalue weighted by atomic mass is 79.9. The number of hydrogen-bond acceptors (Lipinski definition) is 2. The molecule has 2 N–H and O–H groups in total. The molecule has 0 spiro atoms. The molecule has 1 heterocycles. The van der Waals surface area contributed by atoms with Gasteiger partial charge in [-0.3, -0.25) is 4.79 Å². The molecule has 1 amide bonds. The molecule has 1 aliphatic heterocycles. The number of carbonyl (C=O) groups is 1. The molecule has 0 saturated carbocycles. The third kappa shape index (κ3) is 3.02. The predicted octanol–water partition coefficient (Wildman–Crippen LogP) is 3.54. The third-order valence-electron chi connectivity index (χ3n) is 3.74. The number of nitrogens with one attached hydrogen (secondary N) is 2. The Balaban J connectivity index is 1.76. The van der Waals surface area contributed by atoms with Gasteiger partial charge in [-0.2, -0.15) is 0 Å². The van der Waals surface area contributed by atoms with Gasteiger partial charge in [-0.05, 0) is 54.4 Å². The van der Waals surface area contributed by atoms with Crippen molar-refractivity contribution in [2.45, 2.75) is 12.8 Å². The second-order valence-corrected chi connectivity index (χ2v) is 6.15. The second-order valence-electron chi connectivity index (χ2n) is 5.24. The van der Waals surface area contributed by atoms with Crippen molar-refractivity contribution in [3.05, 3.63) is 40.9 Å². The summed E-state index contributed by atoms with van der Waals surface area (Å²) >= 11 is 3.47. The Morgan fingerprint density at radius 3 is 2.80 bits per heavy atom. The number of fused-ring (bicyclic) bond motifs is 1. The minimum absolute atomic E-state index is 0.0874. The van der Waals surface area contributed by atoms with Gasteiger partial charge in [-0.15, -0.1) is 0 Å². The molecule has 1 aliphatic rings. The van der Waals surface area contributed by atoms with Crippen molar-refractivity contribution < 1.29 is 4.79 Å². The lowest BCUT2D eigenvalue weighted by Gasteiger charge is -2.22. The minimum atomic E-state index is 0.0874. The summed E-state index contributed by atoms with van der Waals surface area (Å²) in [5, 5.41) is 8.59. The van der Waals surface area contributed by atoms with Crippen LogP contribution in [0.2, 0.25) is 0 Å². The highest BCUT2D eigenvalue weighted by Crippen LogP contribution is 2.23. The molecule has 104 valence electrons. The highest BCUT2D eigenvalue weighted by Gasteiger charge is 2.20. The summed E-state index contributed by atoms with van der Waals surface area (Å²) in [7, 11) is 0. The molecular formula is C16H17BrN2O. The maximum absolute atomic E-state index is 12.2.